The third-order valence-electron chi connectivity index (χ3n) is 2.60. The van der Waals surface area contributed by atoms with E-state index in [2.05, 4.69) is 38.5 Å². The Morgan fingerprint density at radius 3 is 2.14 bits per heavy atom. The van der Waals surface area contributed by atoms with Gasteiger partial charge in [0.2, 0.25) is 6.20 Å². The lowest BCUT2D eigenvalue weighted by atomic mass is 10.00. The highest BCUT2D eigenvalue weighted by Gasteiger charge is 2.16. The molecule has 0 aliphatic rings. The first-order chi connectivity index (χ1) is 6.43. The predicted octanol–water partition coefficient (Wildman–Crippen LogP) is 2.69. The van der Waals surface area contributed by atoms with E-state index in [9.17, 15) is 5.11 Å². The SMILES string of the molecule is Cc1c(O)c[n+](C(C)C)cc1C(C)C. The maximum Gasteiger partial charge on any atom is 0.211 e. The average molecular weight is 194 g/mol. The molecule has 0 aromatic carbocycles. The number of aromatic hydroxyl groups is 1. The molecule has 1 aromatic heterocycles. The van der Waals surface area contributed by atoms with Crippen molar-refractivity contribution < 1.29 is 9.67 Å². The topological polar surface area (TPSA) is 24.1 Å². The normalized spacial score (nSPS) is 11.4. The van der Waals surface area contributed by atoms with Crippen LogP contribution in [0.15, 0.2) is 12.4 Å². The Kier molecular flexibility index (Phi) is 3.14. The molecule has 14 heavy (non-hydrogen) atoms. The molecule has 0 radical (unpaired) electrons. The molecule has 0 unspecified atom stereocenters. The van der Waals surface area contributed by atoms with Gasteiger partial charge in [0.25, 0.3) is 0 Å². The monoisotopic (exact) mass is 194 g/mol. The molecule has 78 valence electrons. The maximum atomic E-state index is 9.76. The Morgan fingerprint density at radius 1 is 1.14 bits per heavy atom. The van der Waals surface area contributed by atoms with Crippen LogP contribution in [0.3, 0.4) is 0 Å². The maximum absolute atomic E-state index is 9.76. The Bertz CT molecular complexity index is 329. The van der Waals surface area contributed by atoms with Gasteiger partial charge in [-0.05, 0) is 26.7 Å². The highest BCUT2D eigenvalue weighted by atomic mass is 16.3. The molecule has 1 aromatic rings. The van der Waals surface area contributed by atoms with Gasteiger partial charge in [-0.2, -0.15) is 4.57 Å². The Morgan fingerprint density at radius 2 is 1.71 bits per heavy atom. The minimum absolute atomic E-state index is 0.388. The minimum atomic E-state index is 0.388. The van der Waals surface area contributed by atoms with Crippen LogP contribution >= 0.6 is 0 Å². The number of nitrogens with zero attached hydrogens (tertiary/aromatic N) is 1. The fourth-order valence-corrected chi connectivity index (χ4v) is 1.56. The molecule has 1 heterocycles. The van der Waals surface area contributed by atoms with E-state index in [4.69, 9.17) is 0 Å². The van der Waals surface area contributed by atoms with Crippen molar-refractivity contribution in [2.45, 2.75) is 46.6 Å². The summed E-state index contributed by atoms with van der Waals surface area (Å²) >= 11 is 0. The number of aromatic nitrogens is 1. The summed E-state index contributed by atoms with van der Waals surface area (Å²) in [6.45, 7) is 10.5. The third-order valence-corrected chi connectivity index (χ3v) is 2.60. The van der Waals surface area contributed by atoms with Gasteiger partial charge in [0.1, 0.15) is 0 Å². The quantitative estimate of drug-likeness (QED) is 0.719. The average Bonchev–Trinajstić information content (AvgIpc) is 2.08. The van der Waals surface area contributed by atoms with Crippen molar-refractivity contribution in [3.05, 3.63) is 23.5 Å². The molecule has 0 spiro atoms. The Hall–Kier alpha value is -1.05. The number of pyridine rings is 1. The van der Waals surface area contributed by atoms with Gasteiger partial charge >= 0.3 is 0 Å². The van der Waals surface area contributed by atoms with E-state index >= 15 is 0 Å². The largest absolute Gasteiger partial charge is 0.503 e. The van der Waals surface area contributed by atoms with Crippen molar-refractivity contribution in [3.8, 4) is 5.75 Å². The molecule has 0 saturated carbocycles. The van der Waals surface area contributed by atoms with Gasteiger partial charge in [-0.1, -0.05) is 13.8 Å². The molecule has 2 heteroatoms. The van der Waals surface area contributed by atoms with Crippen LogP contribution in [0.4, 0.5) is 0 Å². The van der Waals surface area contributed by atoms with Crippen molar-refractivity contribution in [2.24, 2.45) is 0 Å². The summed E-state index contributed by atoms with van der Waals surface area (Å²) in [5, 5.41) is 9.76. The highest BCUT2D eigenvalue weighted by molar-refractivity contribution is 5.34. The smallest absolute Gasteiger partial charge is 0.211 e. The fourth-order valence-electron chi connectivity index (χ4n) is 1.56. The van der Waals surface area contributed by atoms with Gasteiger partial charge in [-0.15, -0.1) is 0 Å². The zero-order valence-electron chi connectivity index (χ0n) is 9.70. The highest BCUT2D eigenvalue weighted by Crippen LogP contribution is 2.24. The standard InChI is InChI=1S/C12H19NO/c1-8(2)11-6-13(9(3)4)7-12(14)10(11)5/h6-9H,1-5H3/p+1. The van der Waals surface area contributed by atoms with Gasteiger partial charge in [-0.3, -0.25) is 0 Å². The zero-order valence-corrected chi connectivity index (χ0v) is 9.70. The van der Waals surface area contributed by atoms with Gasteiger partial charge in [0.05, 0.1) is 0 Å². The first-order valence-corrected chi connectivity index (χ1v) is 5.17. The summed E-state index contributed by atoms with van der Waals surface area (Å²) < 4.78 is 2.05. The van der Waals surface area contributed by atoms with Crippen molar-refractivity contribution >= 4 is 0 Å². The van der Waals surface area contributed by atoms with Crippen LogP contribution in [0.2, 0.25) is 0 Å². The lowest BCUT2D eigenvalue weighted by Gasteiger charge is -2.10. The van der Waals surface area contributed by atoms with Crippen LogP contribution in [0, 0.1) is 6.92 Å². The number of hydrogen-bond acceptors (Lipinski definition) is 1. The third kappa shape index (κ3) is 2.06. The molecule has 2 nitrogen and oxygen atoms in total. The molecule has 0 bridgehead atoms. The summed E-state index contributed by atoms with van der Waals surface area (Å²) in [4.78, 5) is 0. The molecule has 0 atom stereocenters. The molecule has 1 N–H and O–H groups in total. The Balaban J connectivity index is 3.28. The van der Waals surface area contributed by atoms with Crippen LogP contribution in [-0.2, 0) is 0 Å². The second-order valence-corrected chi connectivity index (χ2v) is 4.42. The summed E-state index contributed by atoms with van der Waals surface area (Å²) in [5.74, 6) is 0.844. The number of rotatable bonds is 2. The molecule has 0 fully saturated rings. The lowest BCUT2D eigenvalue weighted by molar-refractivity contribution is -0.717. The van der Waals surface area contributed by atoms with Crippen LogP contribution in [0.25, 0.3) is 0 Å². The fraction of sp³-hybridized carbons (Fsp3) is 0.583. The van der Waals surface area contributed by atoms with Crippen molar-refractivity contribution in [2.75, 3.05) is 0 Å². The minimum Gasteiger partial charge on any atom is -0.503 e. The first kappa shape index (κ1) is 11.0. The zero-order chi connectivity index (χ0) is 10.9. The van der Waals surface area contributed by atoms with E-state index < -0.39 is 0 Å². The van der Waals surface area contributed by atoms with Crippen molar-refractivity contribution in [1.29, 1.82) is 0 Å². The van der Waals surface area contributed by atoms with Crippen molar-refractivity contribution in [3.63, 3.8) is 0 Å². The predicted molar refractivity (Wildman–Crippen MR) is 57.5 cm³/mol. The molecular formula is C12H20NO+. The van der Waals surface area contributed by atoms with Crippen LogP contribution in [0.5, 0.6) is 5.75 Å². The summed E-state index contributed by atoms with van der Waals surface area (Å²) in [7, 11) is 0. The molecule has 0 saturated heterocycles. The van der Waals surface area contributed by atoms with Gasteiger partial charge in [0, 0.05) is 11.1 Å². The van der Waals surface area contributed by atoms with Gasteiger partial charge < -0.3 is 5.11 Å². The summed E-state index contributed by atoms with van der Waals surface area (Å²) in [5.41, 5.74) is 2.22. The van der Waals surface area contributed by atoms with E-state index in [1.165, 1.54) is 5.56 Å². The second kappa shape index (κ2) is 3.99. The van der Waals surface area contributed by atoms with Crippen LogP contribution < -0.4 is 4.57 Å². The van der Waals surface area contributed by atoms with E-state index in [-0.39, 0.29) is 0 Å². The van der Waals surface area contributed by atoms with Crippen molar-refractivity contribution in [1.82, 2.24) is 0 Å². The lowest BCUT2D eigenvalue weighted by Crippen LogP contribution is -2.36. The first-order valence-electron chi connectivity index (χ1n) is 5.17. The van der Waals surface area contributed by atoms with E-state index in [0.717, 1.165) is 5.56 Å². The molecule has 0 aliphatic carbocycles. The molecule has 0 aliphatic heterocycles. The number of hydrogen-bond donors (Lipinski definition) is 1. The van der Waals surface area contributed by atoms with E-state index in [1.54, 1.807) is 6.20 Å². The van der Waals surface area contributed by atoms with Gasteiger partial charge in [0.15, 0.2) is 18.0 Å². The molecular weight excluding hydrogens is 174 g/mol. The molecule has 1 rings (SSSR count). The second-order valence-electron chi connectivity index (χ2n) is 4.42. The van der Waals surface area contributed by atoms with Gasteiger partial charge in [-0.25, -0.2) is 0 Å². The van der Waals surface area contributed by atoms with E-state index in [0.29, 0.717) is 17.7 Å². The Labute approximate surface area is 86.2 Å². The van der Waals surface area contributed by atoms with Crippen LogP contribution in [0.1, 0.15) is 50.8 Å². The molecule has 0 amide bonds. The summed E-state index contributed by atoms with van der Waals surface area (Å²) in [6.07, 6.45) is 3.93. The summed E-state index contributed by atoms with van der Waals surface area (Å²) in [6, 6.07) is 0.388. The van der Waals surface area contributed by atoms with E-state index in [1.807, 2.05) is 6.92 Å². The van der Waals surface area contributed by atoms with Crippen LogP contribution in [-0.4, -0.2) is 5.11 Å².